The van der Waals surface area contributed by atoms with Crippen LogP contribution in [0.3, 0.4) is 0 Å². The molecule has 88 valence electrons. The quantitative estimate of drug-likeness (QED) is 0.803. The van der Waals surface area contributed by atoms with E-state index in [0.29, 0.717) is 12.5 Å². The van der Waals surface area contributed by atoms with Crippen molar-refractivity contribution in [3.63, 3.8) is 0 Å². The Morgan fingerprint density at radius 2 is 2.44 bits per heavy atom. The number of aromatic nitrogens is 1. The Labute approximate surface area is 95.6 Å². The van der Waals surface area contributed by atoms with E-state index >= 15 is 0 Å². The third-order valence-corrected chi connectivity index (χ3v) is 4.16. The third-order valence-electron chi connectivity index (χ3n) is 4.16. The fraction of sp³-hybridized carbons (Fsp3) is 0.750. The van der Waals surface area contributed by atoms with Crippen molar-refractivity contribution in [1.82, 2.24) is 10.3 Å². The summed E-state index contributed by atoms with van der Waals surface area (Å²) in [7, 11) is 0. The number of hydrogen-bond donors (Lipinski definition) is 2. The zero-order valence-corrected chi connectivity index (χ0v) is 9.54. The number of rotatable bonds is 3. The summed E-state index contributed by atoms with van der Waals surface area (Å²) >= 11 is 0. The Hall–Kier alpha value is -0.870. The van der Waals surface area contributed by atoms with Crippen LogP contribution in [-0.4, -0.2) is 24.6 Å². The van der Waals surface area contributed by atoms with Gasteiger partial charge in [0.15, 0.2) is 0 Å². The van der Waals surface area contributed by atoms with Gasteiger partial charge in [-0.25, -0.2) is 4.98 Å². The molecule has 1 saturated carbocycles. The first-order valence-corrected chi connectivity index (χ1v) is 6.21. The van der Waals surface area contributed by atoms with Gasteiger partial charge >= 0.3 is 0 Å². The maximum atomic E-state index is 5.85. The van der Waals surface area contributed by atoms with Gasteiger partial charge < -0.3 is 15.5 Å². The molecule has 1 aliphatic carbocycles. The summed E-state index contributed by atoms with van der Waals surface area (Å²) in [5, 5.41) is 3.35. The van der Waals surface area contributed by atoms with Crippen molar-refractivity contribution in [3.05, 3.63) is 17.8 Å². The molecule has 1 saturated heterocycles. The van der Waals surface area contributed by atoms with E-state index in [0.717, 1.165) is 37.5 Å². The molecule has 0 radical (unpaired) electrons. The van der Waals surface area contributed by atoms with E-state index in [4.69, 9.17) is 10.2 Å². The van der Waals surface area contributed by atoms with E-state index in [2.05, 4.69) is 10.3 Å². The zero-order valence-electron chi connectivity index (χ0n) is 9.54. The number of nitrogens with two attached hydrogens (primary N) is 1. The van der Waals surface area contributed by atoms with Crippen molar-refractivity contribution in [2.24, 2.45) is 5.73 Å². The first-order chi connectivity index (χ1) is 7.84. The molecule has 0 spiro atoms. The average molecular weight is 221 g/mol. The predicted molar refractivity (Wildman–Crippen MR) is 61.3 cm³/mol. The van der Waals surface area contributed by atoms with Crippen LogP contribution in [0.5, 0.6) is 0 Å². The van der Waals surface area contributed by atoms with E-state index in [1.54, 1.807) is 0 Å². The zero-order chi connectivity index (χ0) is 11.0. The lowest BCUT2D eigenvalue weighted by atomic mass is 9.69. The number of nitrogens with zero attached hydrogens (tertiary/aromatic N) is 1. The van der Waals surface area contributed by atoms with Gasteiger partial charge in [0.1, 0.15) is 6.26 Å². The van der Waals surface area contributed by atoms with Crippen LogP contribution in [0.2, 0.25) is 0 Å². The van der Waals surface area contributed by atoms with Crippen LogP contribution in [-0.2, 0) is 5.41 Å². The highest BCUT2D eigenvalue weighted by Crippen LogP contribution is 2.42. The van der Waals surface area contributed by atoms with Crippen LogP contribution in [0.25, 0.3) is 0 Å². The monoisotopic (exact) mass is 221 g/mol. The normalized spacial score (nSPS) is 27.9. The Morgan fingerprint density at radius 3 is 3.00 bits per heavy atom. The van der Waals surface area contributed by atoms with Gasteiger partial charge in [-0.1, -0.05) is 6.42 Å². The summed E-state index contributed by atoms with van der Waals surface area (Å²) in [4.78, 5) is 4.67. The lowest BCUT2D eigenvalue weighted by Crippen LogP contribution is -2.41. The van der Waals surface area contributed by atoms with Crippen molar-refractivity contribution >= 4 is 0 Å². The molecule has 2 aliphatic rings. The molecule has 4 heteroatoms. The number of nitrogens with one attached hydrogen (secondary N) is 1. The molecule has 3 rings (SSSR count). The molecule has 1 atom stereocenters. The molecule has 0 aromatic carbocycles. The SMILES string of the molecule is NCC1(c2nc(C3CCNC3)co2)CCC1. The van der Waals surface area contributed by atoms with Crippen LogP contribution in [0.1, 0.15) is 43.2 Å². The Morgan fingerprint density at radius 1 is 1.56 bits per heavy atom. The van der Waals surface area contributed by atoms with E-state index in [1.165, 1.54) is 12.8 Å². The molecule has 2 fully saturated rings. The molecule has 16 heavy (non-hydrogen) atoms. The minimum absolute atomic E-state index is 0.0598. The van der Waals surface area contributed by atoms with Gasteiger partial charge in [-0.3, -0.25) is 0 Å². The minimum atomic E-state index is 0.0598. The summed E-state index contributed by atoms with van der Waals surface area (Å²) in [5.74, 6) is 1.41. The van der Waals surface area contributed by atoms with Crippen molar-refractivity contribution in [2.45, 2.75) is 37.0 Å². The molecule has 2 heterocycles. The maximum absolute atomic E-state index is 5.85. The summed E-state index contributed by atoms with van der Waals surface area (Å²) in [5.41, 5.74) is 7.02. The topological polar surface area (TPSA) is 64.1 Å². The van der Waals surface area contributed by atoms with Gasteiger partial charge in [0.05, 0.1) is 11.1 Å². The first kappa shape index (κ1) is 10.3. The Balaban J connectivity index is 1.81. The van der Waals surface area contributed by atoms with Crippen molar-refractivity contribution in [1.29, 1.82) is 0 Å². The first-order valence-electron chi connectivity index (χ1n) is 6.21. The van der Waals surface area contributed by atoms with Gasteiger partial charge in [-0.05, 0) is 25.8 Å². The predicted octanol–water partition coefficient (Wildman–Crippen LogP) is 1.13. The van der Waals surface area contributed by atoms with Gasteiger partial charge in [-0.2, -0.15) is 0 Å². The van der Waals surface area contributed by atoms with Crippen LogP contribution < -0.4 is 11.1 Å². The fourth-order valence-electron chi connectivity index (χ4n) is 2.73. The highest BCUT2D eigenvalue weighted by Gasteiger charge is 2.42. The smallest absolute Gasteiger partial charge is 0.201 e. The van der Waals surface area contributed by atoms with Gasteiger partial charge in [-0.15, -0.1) is 0 Å². The van der Waals surface area contributed by atoms with Crippen LogP contribution >= 0.6 is 0 Å². The molecule has 4 nitrogen and oxygen atoms in total. The van der Waals surface area contributed by atoms with E-state index in [9.17, 15) is 0 Å². The maximum Gasteiger partial charge on any atom is 0.201 e. The molecular formula is C12H19N3O. The van der Waals surface area contributed by atoms with E-state index < -0.39 is 0 Å². The standard InChI is InChI=1S/C12H19N3O/c13-8-12(3-1-4-12)11-15-10(7-16-11)9-2-5-14-6-9/h7,9,14H,1-6,8,13H2. The van der Waals surface area contributed by atoms with Crippen LogP contribution in [0, 0.1) is 0 Å². The third kappa shape index (κ3) is 1.48. The summed E-state index contributed by atoms with van der Waals surface area (Å²) < 4.78 is 5.66. The van der Waals surface area contributed by atoms with E-state index in [1.807, 2.05) is 6.26 Å². The number of hydrogen-bond acceptors (Lipinski definition) is 4. The second-order valence-electron chi connectivity index (χ2n) is 5.11. The van der Waals surface area contributed by atoms with Crippen LogP contribution in [0.4, 0.5) is 0 Å². The van der Waals surface area contributed by atoms with Crippen LogP contribution in [0.15, 0.2) is 10.7 Å². The molecule has 1 aromatic heterocycles. The summed E-state index contributed by atoms with van der Waals surface area (Å²) in [6.07, 6.45) is 6.52. The summed E-state index contributed by atoms with van der Waals surface area (Å²) in [6.45, 7) is 2.78. The minimum Gasteiger partial charge on any atom is -0.448 e. The van der Waals surface area contributed by atoms with Crippen molar-refractivity contribution < 1.29 is 4.42 Å². The van der Waals surface area contributed by atoms with Gasteiger partial charge in [0.2, 0.25) is 5.89 Å². The fourth-order valence-corrected chi connectivity index (χ4v) is 2.73. The lowest BCUT2D eigenvalue weighted by molar-refractivity contribution is 0.199. The van der Waals surface area contributed by atoms with E-state index in [-0.39, 0.29) is 5.41 Å². The summed E-state index contributed by atoms with van der Waals surface area (Å²) in [6, 6.07) is 0. The highest BCUT2D eigenvalue weighted by atomic mass is 16.3. The molecule has 1 aliphatic heterocycles. The van der Waals surface area contributed by atoms with Gasteiger partial charge in [0, 0.05) is 19.0 Å². The molecule has 1 unspecified atom stereocenters. The Bertz CT molecular complexity index is 359. The van der Waals surface area contributed by atoms with Crippen molar-refractivity contribution in [2.75, 3.05) is 19.6 Å². The Kier molecular flexibility index (Phi) is 2.48. The average Bonchev–Trinajstić information content (AvgIpc) is 2.86. The van der Waals surface area contributed by atoms with Crippen molar-refractivity contribution in [3.8, 4) is 0 Å². The molecule has 0 bridgehead atoms. The second kappa shape index (κ2) is 3.86. The number of oxazole rings is 1. The molecule has 1 aromatic rings. The largest absolute Gasteiger partial charge is 0.448 e. The lowest BCUT2D eigenvalue weighted by Gasteiger charge is -2.37. The molecule has 3 N–H and O–H groups in total. The van der Waals surface area contributed by atoms with Gasteiger partial charge in [0.25, 0.3) is 0 Å². The highest BCUT2D eigenvalue weighted by molar-refractivity contribution is 5.16. The second-order valence-corrected chi connectivity index (χ2v) is 5.11. The molecular weight excluding hydrogens is 202 g/mol. The molecule has 0 amide bonds.